The zero-order valence-corrected chi connectivity index (χ0v) is 12.1. The van der Waals surface area contributed by atoms with Gasteiger partial charge in [0, 0.05) is 31.8 Å². The second-order valence-electron chi connectivity index (χ2n) is 5.32. The third-order valence-electron chi connectivity index (χ3n) is 4.24. The molecule has 0 radical (unpaired) electrons. The number of rotatable bonds is 5. The smallest absolute Gasteiger partial charge is 0.329 e. The van der Waals surface area contributed by atoms with E-state index in [9.17, 15) is 19.5 Å². The standard InChI is InChI=1S/C15H20N2O4/c1-2-15(14(20)21)8-5-10-17(15)13(19)7-11-16-9-4-3-6-12(16)18/h3-4,6,9H,2,5,7-8,10-11H2,1H3,(H,20,21). The number of carboxylic acids is 1. The number of hydrogen-bond donors (Lipinski definition) is 1. The van der Waals surface area contributed by atoms with Gasteiger partial charge in [-0.05, 0) is 25.3 Å². The molecular formula is C15H20N2O4. The lowest BCUT2D eigenvalue weighted by Crippen LogP contribution is -2.52. The van der Waals surface area contributed by atoms with Gasteiger partial charge in [-0.25, -0.2) is 4.79 Å². The maximum Gasteiger partial charge on any atom is 0.329 e. The lowest BCUT2D eigenvalue weighted by Gasteiger charge is -2.34. The van der Waals surface area contributed by atoms with E-state index >= 15 is 0 Å². The number of likely N-dealkylation sites (tertiary alicyclic amines) is 1. The fraction of sp³-hybridized carbons (Fsp3) is 0.533. The number of hydrogen-bond acceptors (Lipinski definition) is 3. The molecule has 1 aliphatic rings. The van der Waals surface area contributed by atoms with Gasteiger partial charge in [0.15, 0.2) is 0 Å². The third kappa shape index (κ3) is 2.84. The topological polar surface area (TPSA) is 79.6 Å². The van der Waals surface area contributed by atoms with Gasteiger partial charge in [0.2, 0.25) is 5.91 Å². The van der Waals surface area contributed by atoms with Crippen LogP contribution in [0.2, 0.25) is 0 Å². The van der Waals surface area contributed by atoms with Crippen LogP contribution in [0.4, 0.5) is 0 Å². The summed E-state index contributed by atoms with van der Waals surface area (Å²) in [5, 5.41) is 9.46. The molecule has 21 heavy (non-hydrogen) atoms. The summed E-state index contributed by atoms with van der Waals surface area (Å²) in [7, 11) is 0. The number of pyridine rings is 1. The van der Waals surface area contributed by atoms with Crippen LogP contribution in [-0.4, -0.2) is 38.5 Å². The Balaban J connectivity index is 2.08. The predicted molar refractivity (Wildman–Crippen MR) is 76.9 cm³/mol. The maximum absolute atomic E-state index is 12.4. The molecule has 1 unspecified atom stereocenters. The summed E-state index contributed by atoms with van der Waals surface area (Å²) in [5.74, 6) is -1.14. The SMILES string of the molecule is CCC1(C(=O)O)CCCN1C(=O)CCn1ccccc1=O. The molecule has 0 aromatic carbocycles. The second kappa shape index (κ2) is 6.11. The summed E-state index contributed by atoms with van der Waals surface area (Å²) >= 11 is 0. The molecular weight excluding hydrogens is 272 g/mol. The van der Waals surface area contributed by atoms with E-state index in [0.29, 0.717) is 25.8 Å². The highest BCUT2D eigenvalue weighted by atomic mass is 16.4. The number of carboxylic acid groups (broad SMARTS) is 1. The minimum absolute atomic E-state index is 0.138. The lowest BCUT2D eigenvalue weighted by atomic mass is 9.93. The van der Waals surface area contributed by atoms with Gasteiger partial charge in [0.1, 0.15) is 5.54 Å². The molecule has 2 heterocycles. The minimum Gasteiger partial charge on any atom is -0.479 e. The van der Waals surface area contributed by atoms with Gasteiger partial charge in [0.25, 0.3) is 5.56 Å². The molecule has 0 aliphatic carbocycles. The monoisotopic (exact) mass is 292 g/mol. The van der Waals surface area contributed by atoms with Gasteiger partial charge in [-0.1, -0.05) is 13.0 Å². The summed E-state index contributed by atoms with van der Waals surface area (Å²) in [5.41, 5.74) is -1.23. The van der Waals surface area contributed by atoms with Crippen LogP contribution in [0.1, 0.15) is 32.6 Å². The third-order valence-corrected chi connectivity index (χ3v) is 4.24. The molecule has 2 rings (SSSR count). The van der Waals surface area contributed by atoms with Crippen molar-refractivity contribution < 1.29 is 14.7 Å². The number of aryl methyl sites for hydroxylation is 1. The van der Waals surface area contributed by atoms with Crippen molar-refractivity contribution >= 4 is 11.9 Å². The molecule has 1 amide bonds. The van der Waals surface area contributed by atoms with Crippen LogP contribution < -0.4 is 5.56 Å². The molecule has 0 saturated carbocycles. The van der Waals surface area contributed by atoms with Crippen LogP contribution in [0.15, 0.2) is 29.2 Å². The van der Waals surface area contributed by atoms with E-state index in [1.54, 1.807) is 25.3 Å². The number of nitrogens with zero attached hydrogens (tertiary/aromatic N) is 2. The summed E-state index contributed by atoms with van der Waals surface area (Å²) in [6.45, 7) is 2.54. The molecule has 0 bridgehead atoms. The van der Waals surface area contributed by atoms with E-state index in [1.807, 2.05) is 0 Å². The Hall–Kier alpha value is -2.11. The van der Waals surface area contributed by atoms with Crippen LogP contribution in [0.5, 0.6) is 0 Å². The molecule has 1 atom stereocenters. The predicted octanol–water partition coefficient (Wildman–Crippen LogP) is 1.09. The van der Waals surface area contributed by atoms with E-state index in [4.69, 9.17) is 0 Å². The quantitative estimate of drug-likeness (QED) is 0.881. The van der Waals surface area contributed by atoms with E-state index in [-0.39, 0.29) is 24.4 Å². The summed E-state index contributed by atoms with van der Waals surface area (Å²) in [4.78, 5) is 37.0. The van der Waals surface area contributed by atoms with Crippen molar-refractivity contribution in [1.82, 2.24) is 9.47 Å². The Labute approximate surface area is 123 Å². The van der Waals surface area contributed by atoms with Gasteiger partial charge in [-0.15, -0.1) is 0 Å². The normalized spacial score (nSPS) is 21.5. The molecule has 1 fully saturated rings. The Bertz CT molecular complexity index is 595. The van der Waals surface area contributed by atoms with Crippen molar-refractivity contribution in [2.24, 2.45) is 0 Å². The molecule has 1 aromatic rings. The van der Waals surface area contributed by atoms with Crippen molar-refractivity contribution in [3.05, 3.63) is 34.7 Å². The number of amides is 1. The first kappa shape index (κ1) is 15.3. The molecule has 114 valence electrons. The largest absolute Gasteiger partial charge is 0.479 e. The van der Waals surface area contributed by atoms with Crippen LogP contribution in [-0.2, 0) is 16.1 Å². The van der Waals surface area contributed by atoms with Gasteiger partial charge in [-0.3, -0.25) is 9.59 Å². The maximum atomic E-state index is 12.4. The highest BCUT2D eigenvalue weighted by Crippen LogP contribution is 2.33. The first-order chi connectivity index (χ1) is 10.0. The van der Waals surface area contributed by atoms with E-state index < -0.39 is 11.5 Å². The molecule has 6 heteroatoms. The molecule has 1 saturated heterocycles. The molecule has 1 aliphatic heterocycles. The first-order valence-electron chi connectivity index (χ1n) is 7.20. The van der Waals surface area contributed by atoms with Crippen molar-refractivity contribution in [2.75, 3.05) is 6.54 Å². The van der Waals surface area contributed by atoms with E-state index in [2.05, 4.69) is 0 Å². The van der Waals surface area contributed by atoms with Crippen molar-refractivity contribution in [3.8, 4) is 0 Å². The first-order valence-corrected chi connectivity index (χ1v) is 7.20. The number of carbonyl (C=O) groups is 2. The molecule has 1 aromatic heterocycles. The number of aromatic nitrogens is 1. The molecule has 6 nitrogen and oxygen atoms in total. The van der Waals surface area contributed by atoms with Gasteiger partial charge >= 0.3 is 5.97 Å². The Morgan fingerprint density at radius 3 is 2.76 bits per heavy atom. The van der Waals surface area contributed by atoms with Gasteiger partial charge in [-0.2, -0.15) is 0 Å². The fourth-order valence-corrected chi connectivity index (χ4v) is 2.98. The number of aliphatic carboxylic acids is 1. The van der Waals surface area contributed by atoms with Crippen molar-refractivity contribution in [2.45, 2.75) is 44.7 Å². The number of carbonyl (C=O) groups excluding carboxylic acids is 1. The van der Waals surface area contributed by atoms with Crippen LogP contribution in [0, 0.1) is 0 Å². The Morgan fingerprint density at radius 2 is 2.14 bits per heavy atom. The van der Waals surface area contributed by atoms with E-state index in [1.165, 1.54) is 15.5 Å². The van der Waals surface area contributed by atoms with Crippen molar-refractivity contribution in [3.63, 3.8) is 0 Å². The zero-order valence-electron chi connectivity index (χ0n) is 12.1. The Kier molecular flexibility index (Phi) is 4.45. The van der Waals surface area contributed by atoms with Crippen LogP contribution in [0.3, 0.4) is 0 Å². The van der Waals surface area contributed by atoms with Crippen LogP contribution in [0.25, 0.3) is 0 Å². The van der Waals surface area contributed by atoms with E-state index in [0.717, 1.165) is 0 Å². The minimum atomic E-state index is -1.07. The average molecular weight is 292 g/mol. The zero-order chi connectivity index (χ0) is 15.5. The molecule has 1 N–H and O–H groups in total. The lowest BCUT2D eigenvalue weighted by molar-refractivity contribution is -0.156. The second-order valence-corrected chi connectivity index (χ2v) is 5.32. The van der Waals surface area contributed by atoms with Crippen LogP contribution >= 0.6 is 0 Å². The average Bonchev–Trinajstić information content (AvgIpc) is 2.91. The summed E-state index contributed by atoms with van der Waals surface area (Å²) in [6, 6.07) is 4.82. The van der Waals surface area contributed by atoms with Crippen molar-refractivity contribution in [1.29, 1.82) is 0 Å². The molecule has 0 spiro atoms. The van der Waals surface area contributed by atoms with Gasteiger partial charge < -0.3 is 14.6 Å². The van der Waals surface area contributed by atoms with Gasteiger partial charge in [0.05, 0.1) is 0 Å². The Morgan fingerprint density at radius 1 is 1.38 bits per heavy atom. The highest BCUT2D eigenvalue weighted by molar-refractivity contribution is 5.87. The highest BCUT2D eigenvalue weighted by Gasteiger charge is 2.48. The summed E-state index contributed by atoms with van der Waals surface area (Å²) in [6.07, 6.45) is 3.37. The summed E-state index contributed by atoms with van der Waals surface area (Å²) < 4.78 is 1.46. The fourth-order valence-electron chi connectivity index (χ4n) is 2.98.